The summed E-state index contributed by atoms with van der Waals surface area (Å²) in [5, 5.41) is 2.39. The molecule has 108 valence electrons. The normalized spacial score (nSPS) is 39.4. The number of barbiturate groups is 1. The summed E-state index contributed by atoms with van der Waals surface area (Å²) in [6, 6.07) is -0.587. The Morgan fingerprint density at radius 3 is 2.50 bits per heavy atom. The van der Waals surface area contributed by atoms with E-state index >= 15 is 0 Å². The fraction of sp³-hybridized carbons (Fsp3) is 0.800. The molecule has 4 fully saturated rings. The highest BCUT2D eigenvalue weighted by molar-refractivity contribution is 6.21. The first-order valence-corrected chi connectivity index (χ1v) is 7.72. The number of carbonyl (C=O) groups excluding carboxylic acids is 3. The highest BCUT2D eigenvalue weighted by atomic mass is 16.2. The molecule has 1 spiro atoms. The van der Waals surface area contributed by atoms with Crippen LogP contribution < -0.4 is 5.32 Å². The van der Waals surface area contributed by atoms with E-state index in [1.54, 1.807) is 0 Å². The Morgan fingerprint density at radius 1 is 1.20 bits per heavy atom. The fourth-order valence-corrected chi connectivity index (χ4v) is 4.71. The van der Waals surface area contributed by atoms with Gasteiger partial charge in [-0.25, -0.2) is 4.79 Å². The van der Waals surface area contributed by atoms with E-state index in [4.69, 9.17) is 0 Å². The lowest BCUT2D eigenvalue weighted by Gasteiger charge is -2.39. The minimum atomic E-state index is -0.903. The summed E-state index contributed by atoms with van der Waals surface area (Å²) >= 11 is 0. The molecule has 4 amide bonds. The Balaban J connectivity index is 1.59. The molecule has 3 aliphatic carbocycles. The molecule has 4 atom stereocenters. The van der Waals surface area contributed by atoms with Crippen LogP contribution in [-0.4, -0.2) is 28.8 Å². The summed E-state index contributed by atoms with van der Waals surface area (Å²) < 4.78 is 0. The van der Waals surface area contributed by atoms with Crippen molar-refractivity contribution in [1.82, 2.24) is 10.2 Å². The molecule has 5 heteroatoms. The number of rotatable bonds is 2. The zero-order valence-corrected chi connectivity index (χ0v) is 11.7. The average molecular weight is 276 g/mol. The molecule has 1 saturated heterocycles. The predicted octanol–water partition coefficient (Wildman–Crippen LogP) is 1.67. The van der Waals surface area contributed by atoms with Crippen molar-refractivity contribution in [3.8, 4) is 0 Å². The monoisotopic (exact) mass is 276 g/mol. The molecule has 0 aromatic heterocycles. The number of nitrogens with zero attached hydrogens (tertiary/aromatic N) is 1. The Labute approximate surface area is 118 Å². The van der Waals surface area contributed by atoms with E-state index < -0.39 is 11.4 Å². The van der Waals surface area contributed by atoms with Crippen LogP contribution in [0.25, 0.3) is 0 Å². The van der Waals surface area contributed by atoms with Gasteiger partial charge in [-0.1, -0.05) is 6.42 Å². The first kappa shape index (κ1) is 12.4. The topological polar surface area (TPSA) is 66.5 Å². The van der Waals surface area contributed by atoms with E-state index in [1.165, 1.54) is 24.2 Å². The molecule has 4 unspecified atom stereocenters. The van der Waals surface area contributed by atoms with Crippen LogP contribution in [0.1, 0.15) is 45.4 Å². The van der Waals surface area contributed by atoms with Crippen molar-refractivity contribution >= 4 is 17.8 Å². The second-order valence-electron chi connectivity index (χ2n) is 7.10. The third-order valence-electron chi connectivity index (χ3n) is 6.07. The Bertz CT molecular complexity index is 511. The molecule has 1 N–H and O–H groups in total. The van der Waals surface area contributed by atoms with Gasteiger partial charge in [-0.15, -0.1) is 0 Å². The molecule has 0 aromatic carbocycles. The van der Waals surface area contributed by atoms with Crippen LogP contribution in [0.5, 0.6) is 0 Å². The number of amides is 4. The number of hydrogen-bond acceptors (Lipinski definition) is 3. The van der Waals surface area contributed by atoms with Gasteiger partial charge in [0.1, 0.15) is 5.41 Å². The quantitative estimate of drug-likeness (QED) is 0.780. The summed E-state index contributed by atoms with van der Waals surface area (Å²) in [5.74, 6) is 1.23. The highest BCUT2D eigenvalue weighted by Gasteiger charge is 2.63. The molecule has 5 nitrogen and oxygen atoms in total. The van der Waals surface area contributed by atoms with Crippen molar-refractivity contribution in [3.63, 3.8) is 0 Å². The summed E-state index contributed by atoms with van der Waals surface area (Å²) in [6.45, 7) is 1.98. The number of carbonyl (C=O) groups is 3. The molecule has 3 saturated carbocycles. The average Bonchev–Trinajstić information content (AvgIpc) is 2.95. The number of hydrogen-bond donors (Lipinski definition) is 1. The van der Waals surface area contributed by atoms with Gasteiger partial charge in [-0.3, -0.25) is 19.8 Å². The molecule has 2 bridgehead atoms. The van der Waals surface area contributed by atoms with Crippen LogP contribution in [0.3, 0.4) is 0 Å². The largest absolute Gasteiger partial charge is 0.331 e. The van der Waals surface area contributed by atoms with Crippen molar-refractivity contribution in [3.05, 3.63) is 0 Å². The molecule has 20 heavy (non-hydrogen) atoms. The highest BCUT2D eigenvalue weighted by Crippen LogP contribution is 2.53. The summed E-state index contributed by atoms with van der Waals surface area (Å²) in [4.78, 5) is 37.9. The van der Waals surface area contributed by atoms with Gasteiger partial charge < -0.3 is 0 Å². The molecular formula is C15H20N2O3. The smallest absolute Gasteiger partial charge is 0.277 e. The second-order valence-corrected chi connectivity index (χ2v) is 7.10. The van der Waals surface area contributed by atoms with E-state index in [0.29, 0.717) is 24.7 Å². The lowest BCUT2D eigenvalue weighted by atomic mass is 9.82. The van der Waals surface area contributed by atoms with E-state index in [2.05, 4.69) is 5.32 Å². The van der Waals surface area contributed by atoms with Crippen LogP contribution in [0.2, 0.25) is 0 Å². The molecule has 0 radical (unpaired) electrons. The summed E-state index contributed by atoms with van der Waals surface area (Å²) in [5.41, 5.74) is -0.903. The van der Waals surface area contributed by atoms with Gasteiger partial charge in [0.25, 0.3) is 0 Å². The Kier molecular flexibility index (Phi) is 2.37. The van der Waals surface area contributed by atoms with E-state index in [-0.39, 0.29) is 17.9 Å². The van der Waals surface area contributed by atoms with Crippen LogP contribution in [0.4, 0.5) is 4.79 Å². The SMILES string of the molecule is CC(C1CC2CCC1C2)N1C(=O)NC(=O)C2(CC2)C1=O. The standard InChI is InChI=1S/C15H20N2O3/c1-8(11-7-9-2-3-10(11)6-9)17-13(19)15(4-5-15)12(18)16-14(17)20/h8-11H,2-7H2,1H3,(H,16,18,20). The van der Waals surface area contributed by atoms with E-state index in [1.807, 2.05) is 6.92 Å². The van der Waals surface area contributed by atoms with Crippen molar-refractivity contribution in [2.24, 2.45) is 23.2 Å². The van der Waals surface area contributed by atoms with Crippen LogP contribution in [0, 0.1) is 23.2 Å². The first-order valence-electron chi connectivity index (χ1n) is 7.72. The van der Waals surface area contributed by atoms with Crippen molar-refractivity contribution in [2.45, 2.75) is 51.5 Å². The van der Waals surface area contributed by atoms with Crippen molar-refractivity contribution < 1.29 is 14.4 Å². The Hall–Kier alpha value is -1.39. The van der Waals surface area contributed by atoms with E-state index in [0.717, 1.165) is 12.3 Å². The number of urea groups is 1. The van der Waals surface area contributed by atoms with Gasteiger partial charge in [-0.05, 0) is 56.8 Å². The molecule has 4 rings (SSSR count). The lowest BCUT2D eigenvalue weighted by molar-refractivity contribution is -0.146. The fourth-order valence-electron chi connectivity index (χ4n) is 4.71. The third kappa shape index (κ3) is 1.46. The van der Waals surface area contributed by atoms with Crippen molar-refractivity contribution in [2.75, 3.05) is 0 Å². The van der Waals surface area contributed by atoms with Crippen LogP contribution in [0.15, 0.2) is 0 Å². The summed E-state index contributed by atoms with van der Waals surface area (Å²) in [7, 11) is 0. The third-order valence-corrected chi connectivity index (χ3v) is 6.07. The maximum Gasteiger partial charge on any atom is 0.331 e. The van der Waals surface area contributed by atoms with Crippen LogP contribution >= 0.6 is 0 Å². The molecule has 1 aliphatic heterocycles. The maximum atomic E-state index is 12.6. The number of imide groups is 2. The minimum absolute atomic E-state index is 0.0802. The zero-order valence-electron chi connectivity index (χ0n) is 11.7. The van der Waals surface area contributed by atoms with Crippen molar-refractivity contribution in [1.29, 1.82) is 0 Å². The molecule has 4 aliphatic rings. The predicted molar refractivity (Wildman–Crippen MR) is 70.5 cm³/mol. The molecule has 0 aromatic rings. The first-order chi connectivity index (χ1) is 9.53. The van der Waals surface area contributed by atoms with Gasteiger partial charge >= 0.3 is 6.03 Å². The van der Waals surface area contributed by atoms with Gasteiger partial charge in [0.05, 0.1) is 0 Å². The maximum absolute atomic E-state index is 12.6. The van der Waals surface area contributed by atoms with Crippen LogP contribution in [-0.2, 0) is 9.59 Å². The molecule has 1 heterocycles. The summed E-state index contributed by atoms with van der Waals surface area (Å²) in [6.07, 6.45) is 6.09. The Morgan fingerprint density at radius 2 is 1.95 bits per heavy atom. The zero-order chi connectivity index (χ0) is 14.1. The van der Waals surface area contributed by atoms with Gasteiger partial charge in [0, 0.05) is 6.04 Å². The number of nitrogens with one attached hydrogen (secondary N) is 1. The van der Waals surface area contributed by atoms with Gasteiger partial charge in [-0.2, -0.15) is 0 Å². The van der Waals surface area contributed by atoms with Gasteiger partial charge in [0.2, 0.25) is 11.8 Å². The van der Waals surface area contributed by atoms with Gasteiger partial charge in [0.15, 0.2) is 0 Å². The lowest BCUT2D eigenvalue weighted by Crippen LogP contribution is -2.62. The second kappa shape index (κ2) is 3.83. The molecular weight excluding hydrogens is 256 g/mol. The van der Waals surface area contributed by atoms with E-state index in [9.17, 15) is 14.4 Å². The minimum Gasteiger partial charge on any atom is -0.277 e. The number of fused-ring (bicyclic) bond motifs is 2.